The van der Waals surface area contributed by atoms with Gasteiger partial charge in [0.25, 0.3) is 0 Å². The number of hydrogen-bond donors (Lipinski definition) is 2. The normalized spacial score (nSPS) is 20.8. The van der Waals surface area contributed by atoms with Crippen LogP contribution in [0.3, 0.4) is 0 Å². The summed E-state index contributed by atoms with van der Waals surface area (Å²) >= 11 is 1.89. The topological polar surface area (TPSA) is 54.0 Å². The first kappa shape index (κ1) is 17.7. The van der Waals surface area contributed by atoms with E-state index in [9.17, 15) is 4.79 Å². The van der Waals surface area contributed by atoms with Gasteiger partial charge in [0.2, 0.25) is 5.91 Å². The molecule has 1 amide bonds. The van der Waals surface area contributed by atoms with E-state index < -0.39 is 0 Å². The molecule has 1 aliphatic heterocycles. The van der Waals surface area contributed by atoms with Gasteiger partial charge < -0.3 is 10.6 Å². The second-order valence-corrected chi connectivity index (χ2v) is 7.29. The molecule has 1 aromatic rings. The zero-order valence-corrected chi connectivity index (χ0v) is 14.7. The molecule has 0 saturated carbocycles. The molecule has 1 aromatic heterocycles. The van der Waals surface area contributed by atoms with Crippen LogP contribution in [0.1, 0.15) is 47.7 Å². The van der Waals surface area contributed by atoms with Gasteiger partial charge in [0.15, 0.2) is 0 Å². The minimum Gasteiger partial charge on any atom is -0.356 e. The standard InChI is InChI=1S/C16H25N3OS.ClH/c20-16(12-5-3-9-17-11-12)18-10-4-8-15-19-13-6-1-2-7-14(13)21-15;/h12,17H,1-11H2,(H,18,20);1H. The Balaban J connectivity index is 0.00000176. The number of aromatic nitrogens is 1. The van der Waals surface area contributed by atoms with E-state index in [2.05, 4.69) is 10.6 Å². The number of fused-ring (bicyclic) bond motifs is 1. The lowest BCUT2D eigenvalue weighted by Gasteiger charge is -2.21. The third-order valence-corrected chi connectivity index (χ3v) is 5.64. The van der Waals surface area contributed by atoms with Crippen molar-refractivity contribution >= 4 is 29.7 Å². The molecule has 0 radical (unpaired) electrons. The highest BCUT2D eigenvalue weighted by Gasteiger charge is 2.20. The summed E-state index contributed by atoms with van der Waals surface area (Å²) in [6.45, 7) is 2.67. The van der Waals surface area contributed by atoms with Gasteiger partial charge in [0, 0.05) is 24.4 Å². The van der Waals surface area contributed by atoms with Crippen LogP contribution < -0.4 is 10.6 Å². The zero-order valence-electron chi connectivity index (χ0n) is 13.0. The van der Waals surface area contributed by atoms with E-state index in [1.165, 1.54) is 34.8 Å². The highest BCUT2D eigenvalue weighted by molar-refractivity contribution is 7.11. The van der Waals surface area contributed by atoms with E-state index in [0.29, 0.717) is 0 Å². The number of piperidine rings is 1. The number of carbonyl (C=O) groups is 1. The molecule has 4 nitrogen and oxygen atoms in total. The fraction of sp³-hybridized carbons (Fsp3) is 0.750. The molecule has 124 valence electrons. The van der Waals surface area contributed by atoms with Gasteiger partial charge in [0.05, 0.1) is 16.6 Å². The van der Waals surface area contributed by atoms with Crippen LogP contribution in [0.2, 0.25) is 0 Å². The van der Waals surface area contributed by atoms with Gasteiger partial charge in [-0.2, -0.15) is 0 Å². The predicted octanol–water partition coefficient (Wildman–Crippen LogP) is 2.49. The summed E-state index contributed by atoms with van der Waals surface area (Å²) in [5, 5.41) is 7.63. The van der Waals surface area contributed by atoms with Crippen LogP contribution in [-0.4, -0.2) is 30.5 Å². The molecule has 1 saturated heterocycles. The number of hydrogen-bond acceptors (Lipinski definition) is 4. The monoisotopic (exact) mass is 343 g/mol. The van der Waals surface area contributed by atoms with Crippen LogP contribution in [0, 0.1) is 5.92 Å². The summed E-state index contributed by atoms with van der Waals surface area (Å²) in [6.07, 6.45) is 9.14. The van der Waals surface area contributed by atoms with Gasteiger partial charge in [-0.25, -0.2) is 4.98 Å². The highest BCUT2D eigenvalue weighted by Crippen LogP contribution is 2.27. The molecule has 0 spiro atoms. The molecule has 0 aromatic carbocycles. The first-order valence-electron chi connectivity index (χ1n) is 8.29. The number of nitrogens with zero attached hydrogens (tertiary/aromatic N) is 1. The molecule has 2 aliphatic rings. The molecule has 1 unspecified atom stereocenters. The van der Waals surface area contributed by atoms with Gasteiger partial charge >= 0.3 is 0 Å². The molecule has 22 heavy (non-hydrogen) atoms. The van der Waals surface area contributed by atoms with Gasteiger partial charge in [-0.3, -0.25) is 4.79 Å². The van der Waals surface area contributed by atoms with Crippen LogP contribution in [0.15, 0.2) is 0 Å². The smallest absolute Gasteiger partial charge is 0.224 e. The van der Waals surface area contributed by atoms with Crippen molar-refractivity contribution in [1.29, 1.82) is 0 Å². The summed E-state index contributed by atoms with van der Waals surface area (Å²) in [5.41, 5.74) is 1.35. The Morgan fingerprint density at radius 2 is 2.18 bits per heavy atom. The Bertz CT molecular complexity index is 462. The van der Waals surface area contributed by atoms with Gasteiger partial charge in [0.1, 0.15) is 0 Å². The van der Waals surface area contributed by atoms with E-state index >= 15 is 0 Å². The van der Waals surface area contributed by atoms with Crippen LogP contribution in [0.5, 0.6) is 0 Å². The molecule has 1 aliphatic carbocycles. The van der Waals surface area contributed by atoms with Crippen molar-refractivity contribution in [2.75, 3.05) is 19.6 Å². The van der Waals surface area contributed by atoms with E-state index in [-0.39, 0.29) is 24.2 Å². The third kappa shape index (κ3) is 4.67. The molecule has 3 rings (SSSR count). The Hall–Kier alpha value is -0.650. The van der Waals surface area contributed by atoms with Crippen LogP contribution >= 0.6 is 23.7 Å². The minimum absolute atomic E-state index is 0. The first-order chi connectivity index (χ1) is 10.3. The van der Waals surface area contributed by atoms with Gasteiger partial charge in [-0.05, 0) is 51.5 Å². The fourth-order valence-electron chi connectivity index (χ4n) is 3.18. The summed E-state index contributed by atoms with van der Waals surface area (Å²) in [7, 11) is 0. The van der Waals surface area contributed by atoms with Crippen molar-refractivity contribution in [2.45, 2.75) is 51.4 Å². The number of carbonyl (C=O) groups excluding carboxylic acids is 1. The second-order valence-electron chi connectivity index (χ2n) is 6.12. The highest BCUT2D eigenvalue weighted by atomic mass is 35.5. The molecular formula is C16H26ClN3OS. The Morgan fingerprint density at radius 1 is 1.32 bits per heavy atom. The molecule has 1 atom stereocenters. The average molecular weight is 344 g/mol. The van der Waals surface area contributed by atoms with Crippen molar-refractivity contribution in [3.05, 3.63) is 15.6 Å². The largest absolute Gasteiger partial charge is 0.356 e. The molecule has 1 fully saturated rings. The SMILES string of the molecule is Cl.O=C(NCCCc1nc2c(s1)CCCC2)C1CCCNC1. The maximum Gasteiger partial charge on any atom is 0.224 e. The van der Waals surface area contributed by atoms with E-state index in [1.807, 2.05) is 11.3 Å². The summed E-state index contributed by atoms with van der Waals surface area (Å²) in [5.74, 6) is 0.395. The van der Waals surface area contributed by atoms with Crippen LogP contribution in [-0.2, 0) is 24.1 Å². The van der Waals surface area contributed by atoms with Crippen LogP contribution in [0.4, 0.5) is 0 Å². The van der Waals surface area contributed by atoms with E-state index in [1.54, 1.807) is 0 Å². The van der Waals surface area contributed by atoms with Crippen molar-refractivity contribution < 1.29 is 4.79 Å². The Kier molecular flexibility index (Phi) is 7.12. The molecule has 2 heterocycles. The van der Waals surface area contributed by atoms with Crippen molar-refractivity contribution in [1.82, 2.24) is 15.6 Å². The van der Waals surface area contributed by atoms with Gasteiger partial charge in [-0.1, -0.05) is 0 Å². The fourth-order valence-corrected chi connectivity index (χ4v) is 4.38. The summed E-state index contributed by atoms with van der Waals surface area (Å²) in [6, 6.07) is 0. The summed E-state index contributed by atoms with van der Waals surface area (Å²) < 4.78 is 0. The quantitative estimate of drug-likeness (QED) is 0.808. The van der Waals surface area contributed by atoms with Gasteiger partial charge in [-0.15, -0.1) is 23.7 Å². The Labute approximate surface area is 142 Å². The minimum atomic E-state index is 0. The van der Waals surface area contributed by atoms with E-state index in [4.69, 9.17) is 4.98 Å². The van der Waals surface area contributed by atoms with E-state index in [0.717, 1.165) is 51.7 Å². The van der Waals surface area contributed by atoms with Crippen LogP contribution in [0.25, 0.3) is 0 Å². The predicted molar refractivity (Wildman–Crippen MR) is 92.9 cm³/mol. The molecular weight excluding hydrogens is 318 g/mol. The third-order valence-electron chi connectivity index (χ3n) is 4.42. The number of thiazole rings is 1. The average Bonchev–Trinajstić information content (AvgIpc) is 2.95. The lowest BCUT2D eigenvalue weighted by molar-refractivity contribution is -0.125. The molecule has 6 heteroatoms. The Morgan fingerprint density at radius 3 is 2.95 bits per heavy atom. The molecule has 2 N–H and O–H groups in total. The number of rotatable bonds is 5. The number of aryl methyl sites for hydroxylation is 3. The lowest BCUT2D eigenvalue weighted by Crippen LogP contribution is -2.40. The number of nitrogens with one attached hydrogen (secondary N) is 2. The van der Waals surface area contributed by atoms with Crippen molar-refractivity contribution in [3.8, 4) is 0 Å². The summed E-state index contributed by atoms with van der Waals surface area (Å²) in [4.78, 5) is 18.3. The maximum atomic E-state index is 12.0. The first-order valence-corrected chi connectivity index (χ1v) is 9.10. The van der Waals surface area contributed by atoms with Crippen molar-refractivity contribution in [2.24, 2.45) is 5.92 Å². The molecule has 0 bridgehead atoms. The maximum absolute atomic E-state index is 12.0. The lowest BCUT2D eigenvalue weighted by atomic mass is 9.99. The number of amides is 1. The zero-order chi connectivity index (χ0) is 14.5. The van der Waals surface area contributed by atoms with Crippen molar-refractivity contribution in [3.63, 3.8) is 0 Å². The second kappa shape index (κ2) is 8.85. The number of halogens is 1.